The number of aryl methyl sites for hydroxylation is 3. The van der Waals surface area contributed by atoms with Crippen LogP contribution in [0.5, 0.6) is 0 Å². The molecule has 0 fully saturated rings. The van der Waals surface area contributed by atoms with E-state index < -0.39 is 23.9 Å². The van der Waals surface area contributed by atoms with Gasteiger partial charge >= 0.3 is 5.97 Å². The topological polar surface area (TPSA) is 112 Å². The van der Waals surface area contributed by atoms with Crippen LogP contribution < -0.4 is 11.1 Å². The van der Waals surface area contributed by atoms with Crippen LogP contribution in [0.2, 0.25) is 0 Å². The number of hydrogen-bond donors (Lipinski definition) is 2. The molecule has 0 saturated heterocycles. The molecule has 0 saturated carbocycles. The number of ether oxygens (including phenoxy) is 1. The Labute approximate surface area is 160 Å². The highest BCUT2D eigenvalue weighted by Crippen LogP contribution is 2.38. The van der Waals surface area contributed by atoms with Gasteiger partial charge in [0.15, 0.2) is 6.10 Å². The molecule has 0 spiro atoms. The molecule has 2 aromatic rings. The highest BCUT2D eigenvalue weighted by molar-refractivity contribution is 7.17. The summed E-state index contributed by atoms with van der Waals surface area (Å²) in [5.41, 5.74) is 7.82. The number of amides is 2. The SMILES string of the molecule is Cc1oc(C)c(C(=O)O[C@H](C)C(=O)Nc2sc3c(c2C(N)=O)CCC3)c1C. The quantitative estimate of drug-likeness (QED) is 0.762. The third-order valence-electron chi connectivity index (χ3n) is 4.82. The zero-order valence-corrected chi connectivity index (χ0v) is 16.5. The number of nitrogens with one attached hydrogen (secondary N) is 1. The molecule has 1 atom stereocenters. The van der Waals surface area contributed by atoms with E-state index in [1.54, 1.807) is 20.8 Å². The van der Waals surface area contributed by atoms with E-state index in [1.165, 1.54) is 18.3 Å². The van der Waals surface area contributed by atoms with E-state index in [0.29, 0.717) is 33.2 Å². The molecular weight excluding hydrogens is 368 g/mol. The number of anilines is 1. The number of primary amides is 1. The van der Waals surface area contributed by atoms with E-state index in [-0.39, 0.29) is 0 Å². The summed E-state index contributed by atoms with van der Waals surface area (Å²) < 4.78 is 10.7. The predicted octanol–water partition coefficient (Wildman–Crippen LogP) is 3.04. The lowest BCUT2D eigenvalue weighted by molar-refractivity contribution is -0.123. The number of carbonyl (C=O) groups excluding carboxylic acids is 3. The van der Waals surface area contributed by atoms with E-state index >= 15 is 0 Å². The van der Waals surface area contributed by atoms with Crippen molar-refractivity contribution in [3.05, 3.63) is 38.7 Å². The molecule has 144 valence electrons. The molecule has 0 aliphatic heterocycles. The standard InChI is InChI=1S/C19H22N2O5S/c1-8-9(2)25-10(3)14(8)19(24)26-11(4)17(23)21-18-15(16(20)22)12-6-5-7-13(12)27-18/h11H,5-7H2,1-4H3,(H2,20,22)(H,21,23)/t11-/m1/s1. The van der Waals surface area contributed by atoms with Crippen molar-refractivity contribution in [1.29, 1.82) is 0 Å². The van der Waals surface area contributed by atoms with Gasteiger partial charge in [0, 0.05) is 10.4 Å². The Kier molecular flexibility index (Phi) is 5.10. The highest BCUT2D eigenvalue weighted by Gasteiger charge is 2.29. The first-order valence-corrected chi connectivity index (χ1v) is 9.55. The summed E-state index contributed by atoms with van der Waals surface area (Å²) in [5, 5.41) is 3.11. The molecule has 7 nitrogen and oxygen atoms in total. The fourth-order valence-electron chi connectivity index (χ4n) is 3.33. The minimum atomic E-state index is -1.04. The van der Waals surface area contributed by atoms with Crippen LogP contribution in [0.1, 0.15) is 61.6 Å². The molecule has 1 aliphatic rings. The number of nitrogens with two attached hydrogens (primary N) is 1. The van der Waals surface area contributed by atoms with Gasteiger partial charge in [0.05, 0.1) is 5.56 Å². The van der Waals surface area contributed by atoms with E-state index in [9.17, 15) is 14.4 Å². The Bertz CT molecular complexity index is 941. The molecular formula is C19H22N2O5S. The van der Waals surface area contributed by atoms with Gasteiger partial charge in [-0.15, -0.1) is 11.3 Å². The van der Waals surface area contributed by atoms with Crippen LogP contribution in [0.3, 0.4) is 0 Å². The van der Waals surface area contributed by atoms with Crippen LogP contribution in [-0.2, 0) is 22.4 Å². The summed E-state index contributed by atoms with van der Waals surface area (Å²) in [5.74, 6) is -0.604. The average molecular weight is 390 g/mol. The lowest BCUT2D eigenvalue weighted by Crippen LogP contribution is -2.30. The van der Waals surface area contributed by atoms with Crippen LogP contribution in [0.15, 0.2) is 4.42 Å². The molecule has 0 aromatic carbocycles. The van der Waals surface area contributed by atoms with Gasteiger partial charge in [-0.3, -0.25) is 9.59 Å². The molecule has 0 unspecified atom stereocenters. The minimum absolute atomic E-state index is 0.333. The number of furan rings is 1. The number of rotatable bonds is 5. The molecule has 2 amide bonds. The van der Waals surface area contributed by atoms with Crippen molar-refractivity contribution in [2.24, 2.45) is 5.73 Å². The third kappa shape index (κ3) is 3.49. The van der Waals surface area contributed by atoms with Gasteiger partial charge in [-0.1, -0.05) is 0 Å². The Morgan fingerprint density at radius 3 is 2.44 bits per heavy atom. The van der Waals surface area contributed by atoms with Crippen molar-refractivity contribution in [3.8, 4) is 0 Å². The summed E-state index contributed by atoms with van der Waals surface area (Å²) in [6.07, 6.45) is 1.60. The van der Waals surface area contributed by atoms with Crippen LogP contribution >= 0.6 is 11.3 Å². The van der Waals surface area contributed by atoms with Crippen LogP contribution in [0.25, 0.3) is 0 Å². The fraction of sp³-hybridized carbons (Fsp3) is 0.421. The third-order valence-corrected chi connectivity index (χ3v) is 6.03. The number of fused-ring (bicyclic) bond motifs is 1. The predicted molar refractivity (Wildman–Crippen MR) is 101 cm³/mol. The van der Waals surface area contributed by atoms with Crippen molar-refractivity contribution < 1.29 is 23.5 Å². The van der Waals surface area contributed by atoms with Crippen LogP contribution in [0.4, 0.5) is 5.00 Å². The summed E-state index contributed by atoms with van der Waals surface area (Å²) in [6, 6.07) is 0. The molecule has 0 radical (unpaired) electrons. The van der Waals surface area contributed by atoms with Gasteiger partial charge in [0.25, 0.3) is 11.8 Å². The van der Waals surface area contributed by atoms with Gasteiger partial charge in [0.1, 0.15) is 22.1 Å². The largest absolute Gasteiger partial charge is 0.465 e. The smallest absolute Gasteiger partial charge is 0.342 e. The van der Waals surface area contributed by atoms with E-state index in [1.807, 2.05) is 0 Å². The fourth-order valence-corrected chi connectivity index (χ4v) is 4.63. The Morgan fingerprint density at radius 2 is 1.85 bits per heavy atom. The van der Waals surface area contributed by atoms with Crippen molar-refractivity contribution in [2.45, 2.75) is 53.1 Å². The lowest BCUT2D eigenvalue weighted by atomic mass is 10.1. The number of hydrogen-bond acceptors (Lipinski definition) is 6. The number of esters is 1. The maximum Gasteiger partial charge on any atom is 0.342 e. The molecule has 8 heteroatoms. The second-order valence-corrected chi connectivity index (χ2v) is 7.78. The van der Waals surface area contributed by atoms with E-state index in [4.69, 9.17) is 14.9 Å². The molecule has 2 heterocycles. The van der Waals surface area contributed by atoms with Crippen molar-refractivity contribution in [1.82, 2.24) is 0 Å². The lowest BCUT2D eigenvalue weighted by Gasteiger charge is -2.13. The number of carbonyl (C=O) groups is 3. The van der Waals surface area contributed by atoms with Crippen molar-refractivity contribution in [3.63, 3.8) is 0 Å². The summed E-state index contributed by atoms with van der Waals surface area (Å²) in [6.45, 7) is 6.68. The molecule has 3 rings (SSSR count). The summed E-state index contributed by atoms with van der Waals surface area (Å²) >= 11 is 1.36. The van der Waals surface area contributed by atoms with Gasteiger partial charge < -0.3 is 20.2 Å². The summed E-state index contributed by atoms with van der Waals surface area (Å²) in [7, 11) is 0. The minimum Gasteiger partial charge on any atom is -0.465 e. The Morgan fingerprint density at radius 1 is 1.15 bits per heavy atom. The van der Waals surface area contributed by atoms with Crippen LogP contribution in [0, 0.1) is 20.8 Å². The van der Waals surface area contributed by atoms with Gasteiger partial charge in [0.2, 0.25) is 0 Å². The van der Waals surface area contributed by atoms with Crippen molar-refractivity contribution >= 4 is 34.1 Å². The summed E-state index contributed by atoms with van der Waals surface area (Å²) in [4.78, 5) is 37.8. The first-order valence-electron chi connectivity index (χ1n) is 8.73. The zero-order chi connectivity index (χ0) is 19.9. The van der Waals surface area contributed by atoms with Crippen molar-refractivity contribution in [2.75, 3.05) is 5.32 Å². The first kappa shape index (κ1) is 19.2. The second-order valence-electron chi connectivity index (χ2n) is 6.68. The Balaban J connectivity index is 1.73. The second kappa shape index (κ2) is 7.19. The van der Waals surface area contributed by atoms with Gasteiger partial charge in [-0.2, -0.15) is 0 Å². The highest BCUT2D eigenvalue weighted by atomic mass is 32.1. The molecule has 27 heavy (non-hydrogen) atoms. The molecule has 2 aromatic heterocycles. The monoisotopic (exact) mass is 390 g/mol. The maximum absolute atomic E-state index is 12.5. The Hall–Kier alpha value is -2.61. The van der Waals surface area contributed by atoms with Gasteiger partial charge in [-0.25, -0.2) is 4.79 Å². The zero-order valence-electron chi connectivity index (χ0n) is 15.7. The van der Waals surface area contributed by atoms with Gasteiger partial charge in [-0.05, 0) is 52.5 Å². The molecule has 3 N–H and O–H groups in total. The van der Waals surface area contributed by atoms with E-state index in [0.717, 1.165) is 29.7 Å². The maximum atomic E-state index is 12.5. The average Bonchev–Trinajstić information content (AvgIpc) is 3.20. The normalized spacial score (nSPS) is 13.9. The van der Waals surface area contributed by atoms with Crippen LogP contribution in [-0.4, -0.2) is 23.9 Å². The molecule has 1 aliphatic carbocycles. The first-order chi connectivity index (χ1) is 12.7. The number of thiophene rings is 1. The molecule has 0 bridgehead atoms. The van der Waals surface area contributed by atoms with E-state index in [2.05, 4.69) is 5.32 Å².